The number of nitrogens with zero attached hydrogens (tertiary/aromatic N) is 1. The summed E-state index contributed by atoms with van der Waals surface area (Å²) in [4.78, 5) is 4.26. The summed E-state index contributed by atoms with van der Waals surface area (Å²) < 4.78 is 0. The second-order valence-electron chi connectivity index (χ2n) is 5.40. The molecule has 2 aromatic carbocycles. The van der Waals surface area contributed by atoms with Gasteiger partial charge in [0.1, 0.15) is 0 Å². The second-order valence-corrected chi connectivity index (χ2v) is 5.40. The molecule has 0 aliphatic heterocycles. The SMILES string of the molecule is CN=C(NCCc1ccccc1)NCCc1cccc(C)c1.I. The normalized spacial score (nSPS) is 10.8. The fourth-order valence-corrected chi connectivity index (χ4v) is 2.38. The molecule has 0 amide bonds. The van der Waals surface area contributed by atoms with Crippen LogP contribution in [0.15, 0.2) is 59.6 Å². The summed E-state index contributed by atoms with van der Waals surface area (Å²) >= 11 is 0. The average Bonchev–Trinajstić information content (AvgIpc) is 2.54. The average molecular weight is 423 g/mol. The van der Waals surface area contributed by atoms with Crippen LogP contribution in [-0.4, -0.2) is 26.1 Å². The summed E-state index contributed by atoms with van der Waals surface area (Å²) in [6.07, 6.45) is 2.00. The minimum Gasteiger partial charge on any atom is -0.356 e. The molecule has 0 aliphatic rings. The van der Waals surface area contributed by atoms with Crippen LogP contribution < -0.4 is 10.6 Å². The van der Waals surface area contributed by atoms with Gasteiger partial charge in [-0.15, -0.1) is 24.0 Å². The number of nitrogens with one attached hydrogen (secondary N) is 2. The third-order valence-corrected chi connectivity index (χ3v) is 3.56. The van der Waals surface area contributed by atoms with E-state index in [0.717, 1.165) is 31.9 Å². The number of guanidine groups is 1. The van der Waals surface area contributed by atoms with Crippen molar-refractivity contribution >= 4 is 29.9 Å². The van der Waals surface area contributed by atoms with Crippen LogP contribution in [0.4, 0.5) is 0 Å². The Morgan fingerprint density at radius 2 is 1.48 bits per heavy atom. The number of benzene rings is 2. The number of halogens is 1. The van der Waals surface area contributed by atoms with Crippen molar-refractivity contribution in [2.24, 2.45) is 4.99 Å². The van der Waals surface area contributed by atoms with Crippen LogP contribution in [0.5, 0.6) is 0 Å². The molecular formula is C19H26IN3. The van der Waals surface area contributed by atoms with Gasteiger partial charge >= 0.3 is 0 Å². The van der Waals surface area contributed by atoms with Gasteiger partial charge in [-0.1, -0.05) is 60.2 Å². The Balaban J connectivity index is 0.00000264. The summed E-state index contributed by atoms with van der Waals surface area (Å²) in [6, 6.07) is 19.1. The molecule has 0 unspecified atom stereocenters. The largest absolute Gasteiger partial charge is 0.356 e. The molecule has 0 fully saturated rings. The minimum absolute atomic E-state index is 0. The highest BCUT2D eigenvalue weighted by Gasteiger charge is 1.98. The van der Waals surface area contributed by atoms with E-state index in [1.807, 2.05) is 13.1 Å². The first-order chi connectivity index (χ1) is 10.8. The Bertz CT molecular complexity index is 597. The van der Waals surface area contributed by atoms with E-state index in [4.69, 9.17) is 0 Å². The standard InChI is InChI=1S/C19H25N3.HI/c1-16-7-6-10-18(15-16)12-14-22-19(20-2)21-13-11-17-8-4-3-5-9-17;/h3-10,15H,11-14H2,1-2H3,(H2,20,21,22);1H. The van der Waals surface area contributed by atoms with Crippen LogP contribution in [0.2, 0.25) is 0 Å². The molecule has 0 saturated heterocycles. The van der Waals surface area contributed by atoms with Gasteiger partial charge in [0.25, 0.3) is 0 Å². The van der Waals surface area contributed by atoms with Crippen molar-refractivity contribution in [1.29, 1.82) is 0 Å². The van der Waals surface area contributed by atoms with E-state index in [1.165, 1.54) is 16.7 Å². The molecule has 0 atom stereocenters. The van der Waals surface area contributed by atoms with Gasteiger partial charge in [0.2, 0.25) is 0 Å². The molecule has 23 heavy (non-hydrogen) atoms. The quantitative estimate of drug-likeness (QED) is 0.424. The number of hydrogen-bond acceptors (Lipinski definition) is 1. The van der Waals surface area contributed by atoms with Crippen LogP contribution >= 0.6 is 24.0 Å². The first-order valence-electron chi connectivity index (χ1n) is 7.82. The Morgan fingerprint density at radius 1 is 0.870 bits per heavy atom. The molecular weight excluding hydrogens is 397 g/mol. The minimum atomic E-state index is 0. The van der Waals surface area contributed by atoms with Crippen molar-refractivity contribution in [3.05, 3.63) is 71.3 Å². The van der Waals surface area contributed by atoms with Gasteiger partial charge in [-0.25, -0.2) is 0 Å². The maximum absolute atomic E-state index is 4.26. The lowest BCUT2D eigenvalue weighted by Crippen LogP contribution is -2.39. The van der Waals surface area contributed by atoms with E-state index in [1.54, 1.807) is 0 Å². The molecule has 124 valence electrons. The summed E-state index contributed by atoms with van der Waals surface area (Å²) in [5, 5.41) is 6.72. The van der Waals surface area contributed by atoms with Gasteiger partial charge in [0.05, 0.1) is 0 Å². The van der Waals surface area contributed by atoms with Gasteiger partial charge in [-0.3, -0.25) is 4.99 Å². The first kappa shape index (κ1) is 19.5. The van der Waals surface area contributed by atoms with E-state index < -0.39 is 0 Å². The Labute approximate surface area is 156 Å². The van der Waals surface area contributed by atoms with E-state index in [0.29, 0.717) is 0 Å². The highest BCUT2D eigenvalue weighted by Crippen LogP contribution is 2.03. The Hall–Kier alpha value is -1.56. The predicted octanol–water partition coefficient (Wildman–Crippen LogP) is 3.56. The van der Waals surface area contributed by atoms with Gasteiger partial charge in [-0.2, -0.15) is 0 Å². The third kappa shape index (κ3) is 7.50. The van der Waals surface area contributed by atoms with Crippen molar-refractivity contribution < 1.29 is 0 Å². The number of aryl methyl sites for hydroxylation is 1. The van der Waals surface area contributed by atoms with Crippen molar-refractivity contribution in [2.45, 2.75) is 19.8 Å². The first-order valence-corrected chi connectivity index (χ1v) is 7.82. The Morgan fingerprint density at radius 3 is 2.09 bits per heavy atom. The molecule has 3 nitrogen and oxygen atoms in total. The maximum atomic E-state index is 4.26. The molecule has 0 aromatic heterocycles. The Kier molecular flexibility index (Phi) is 9.36. The van der Waals surface area contributed by atoms with Crippen molar-refractivity contribution in [3.8, 4) is 0 Å². The van der Waals surface area contributed by atoms with Crippen molar-refractivity contribution in [3.63, 3.8) is 0 Å². The van der Waals surface area contributed by atoms with Crippen molar-refractivity contribution in [1.82, 2.24) is 10.6 Å². The molecule has 2 rings (SSSR count). The molecule has 0 saturated carbocycles. The van der Waals surface area contributed by atoms with Gasteiger partial charge in [0.15, 0.2) is 5.96 Å². The lowest BCUT2D eigenvalue weighted by atomic mass is 10.1. The van der Waals surface area contributed by atoms with E-state index in [9.17, 15) is 0 Å². The molecule has 4 heteroatoms. The maximum Gasteiger partial charge on any atom is 0.190 e. The summed E-state index contributed by atoms with van der Waals surface area (Å²) in [7, 11) is 1.81. The lowest BCUT2D eigenvalue weighted by molar-refractivity contribution is 0.784. The zero-order valence-corrected chi connectivity index (χ0v) is 16.2. The molecule has 0 spiro atoms. The third-order valence-electron chi connectivity index (χ3n) is 3.56. The van der Waals surface area contributed by atoms with Crippen LogP contribution in [0, 0.1) is 6.92 Å². The van der Waals surface area contributed by atoms with Crippen LogP contribution in [0.1, 0.15) is 16.7 Å². The highest BCUT2D eigenvalue weighted by molar-refractivity contribution is 14.0. The predicted molar refractivity (Wildman–Crippen MR) is 110 cm³/mol. The summed E-state index contributed by atoms with van der Waals surface area (Å²) in [6.45, 7) is 3.89. The van der Waals surface area contributed by atoms with Gasteiger partial charge in [0, 0.05) is 20.1 Å². The fourth-order valence-electron chi connectivity index (χ4n) is 2.38. The highest BCUT2D eigenvalue weighted by atomic mass is 127. The molecule has 2 N–H and O–H groups in total. The summed E-state index contributed by atoms with van der Waals surface area (Å²) in [5.41, 5.74) is 4.00. The smallest absolute Gasteiger partial charge is 0.190 e. The van der Waals surface area contributed by atoms with E-state index in [2.05, 4.69) is 71.1 Å². The van der Waals surface area contributed by atoms with Gasteiger partial charge < -0.3 is 10.6 Å². The fraction of sp³-hybridized carbons (Fsp3) is 0.316. The van der Waals surface area contributed by atoms with E-state index >= 15 is 0 Å². The molecule has 0 aliphatic carbocycles. The molecule has 2 aromatic rings. The van der Waals surface area contributed by atoms with Crippen LogP contribution in [0.25, 0.3) is 0 Å². The second kappa shape index (κ2) is 11.0. The number of aliphatic imine (C=N–C) groups is 1. The molecule has 0 bridgehead atoms. The monoisotopic (exact) mass is 423 g/mol. The number of hydrogen-bond donors (Lipinski definition) is 2. The van der Waals surface area contributed by atoms with Gasteiger partial charge in [-0.05, 0) is 30.9 Å². The lowest BCUT2D eigenvalue weighted by Gasteiger charge is -2.12. The number of rotatable bonds is 6. The molecule has 0 heterocycles. The molecule has 0 radical (unpaired) electrons. The summed E-state index contributed by atoms with van der Waals surface area (Å²) in [5.74, 6) is 0.864. The van der Waals surface area contributed by atoms with Crippen LogP contribution in [-0.2, 0) is 12.8 Å². The van der Waals surface area contributed by atoms with Crippen LogP contribution in [0.3, 0.4) is 0 Å². The zero-order valence-electron chi connectivity index (χ0n) is 13.9. The van der Waals surface area contributed by atoms with E-state index in [-0.39, 0.29) is 24.0 Å². The van der Waals surface area contributed by atoms with Crippen molar-refractivity contribution in [2.75, 3.05) is 20.1 Å². The zero-order chi connectivity index (χ0) is 15.6. The topological polar surface area (TPSA) is 36.4 Å².